The van der Waals surface area contributed by atoms with Crippen molar-refractivity contribution in [3.8, 4) is 0 Å². The number of aliphatic imine (C=N–C) groups is 1. The molecule has 1 aromatic heterocycles. The van der Waals surface area contributed by atoms with E-state index >= 15 is 0 Å². The summed E-state index contributed by atoms with van der Waals surface area (Å²) in [4.78, 5) is 12.7. The molecule has 4 nitrogen and oxygen atoms in total. The Bertz CT molecular complexity index is 659. The van der Waals surface area contributed by atoms with Gasteiger partial charge in [-0.1, -0.05) is 6.07 Å². The molecular formula is C16H18N4S. The fourth-order valence-electron chi connectivity index (χ4n) is 2.03. The Balaban J connectivity index is 2.29. The van der Waals surface area contributed by atoms with E-state index in [9.17, 15) is 0 Å². The quantitative estimate of drug-likeness (QED) is 0.841. The van der Waals surface area contributed by atoms with E-state index in [1.54, 1.807) is 18.0 Å². The standard InChI is InChI=1S/C16H18N4S/c1-11-7-12(2)9-13(8-11)19-16-18-6-5-14(20-16)15(17-3)10-21-4/h5-10H,3H2,1-2,4H3,(H,18,19,20)/b15-10-. The third-order valence-corrected chi connectivity index (χ3v) is 3.25. The summed E-state index contributed by atoms with van der Waals surface area (Å²) in [5, 5.41) is 5.14. The second kappa shape index (κ2) is 7.04. The van der Waals surface area contributed by atoms with Gasteiger partial charge in [0.2, 0.25) is 5.95 Å². The van der Waals surface area contributed by atoms with E-state index in [-0.39, 0.29) is 0 Å². The smallest absolute Gasteiger partial charge is 0.227 e. The number of nitrogens with one attached hydrogen (secondary N) is 1. The summed E-state index contributed by atoms with van der Waals surface area (Å²) in [5.74, 6) is 0.549. The van der Waals surface area contributed by atoms with E-state index in [1.165, 1.54) is 11.1 Å². The lowest BCUT2D eigenvalue weighted by molar-refractivity contribution is 1.14. The molecule has 2 aromatic rings. The molecule has 0 fully saturated rings. The second-order valence-electron chi connectivity index (χ2n) is 4.66. The van der Waals surface area contributed by atoms with Crippen LogP contribution in [-0.4, -0.2) is 22.9 Å². The maximum absolute atomic E-state index is 4.48. The highest BCUT2D eigenvalue weighted by Gasteiger charge is 2.04. The first-order valence-corrected chi connectivity index (χ1v) is 7.79. The summed E-state index contributed by atoms with van der Waals surface area (Å²) in [7, 11) is 0. The van der Waals surface area contributed by atoms with Crippen LogP contribution in [0.5, 0.6) is 0 Å². The zero-order valence-electron chi connectivity index (χ0n) is 12.4. The summed E-state index contributed by atoms with van der Waals surface area (Å²) < 4.78 is 0. The molecule has 0 aliphatic carbocycles. The zero-order valence-corrected chi connectivity index (χ0v) is 13.2. The van der Waals surface area contributed by atoms with Gasteiger partial charge in [0.05, 0.1) is 11.4 Å². The van der Waals surface area contributed by atoms with Gasteiger partial charge in [-0.15, -0.1) is 11.8 Å². The normalized spacial score (nSPS) is 11.3. The van der Waals surface area contributed by atoms with E-state index < -0.39 is 0 Å². The monoisotopic (exact) mass is 298 g/mol. The fourth-order valence-corrected chi connectivity index (χ4v) is 2.45. The predicted molar refractivity (Wildman–Crippen MR) is 92.3 cm³/mol. The molecule has 0 atom stereocenters. The highest BCUT2D eigenvalue weighted by atomic mass is 32.2. The summed E-state index contributed by atoms with van der Waals surface area (Å²) >= 11 is 1.57. The first kappa shape index (κ1) is 15.3. The molecule has 0 radical (unpaired) electrons. The Morgan fingerprint density at radius 1 is 1.29 bits per heavy atom. The van der Waals surface area contributed by atoms with Crippen LogP contribution in [0.3, 0.4) is 0 Å². The van der Waals surface area contributed by atoms with Gasteiger partial charge in [0.15, 0.2) is 0 Å². The summed E-state index contributed by atoms with van der Waals surface area (Å²) in [5.41, 5.74) is 4.87. The predicted octanol–water partition coefficient (Wildman–Crippen LogP) is 4.20. The first-order valence-electron chi connectivity index (χ1n) is 6.51. The van der Waals surface area contributed by atoms with Gasteiger partial charge < -0.3 is 5.32 Å². The molecule has 0 aliphatic heterocycles. The molecule has 0 spiro atoms. The third-order valence-electron chi connectivity index (χ3n) is 2.80. The lowest BCUT2D eigenvalue weighted by atomic mass is 10.1. The van der Waals surface area contributed by atoms with Crippen LogP contribution in [0, 0.1) is 13.8 Å². The zero-order chi connectivity index (χ0) is 15.2. The van der Waals surface area contributed by atoms with Crippen LogP contribution in [0.2, 0.25) is 0 Å². The molecule has 0 amide bonds. The highest BCUT2D eigenvalue weighted by molar-refractivity contribution is 8.01. The van der Waals surface area contributed by atoms with Gasteiger partial charge in [-0.3, -0.25) is 4.99 Å². The minimum atomic E-state index is 0.549. The van der Waals surface area contributed by atoms with Crippen molar-refractivity contribution in [2.45, 2.75) is 13.8 Å². The average Bonchev–Trinajstić information content (AvgIpc) is 2.44. The molecule has 0 bridgehead atoms. The van der Waals surface area contributed by atoms with Crippen molar-refractivity contribution in [3.05, 3.63) is 52.7 Å². The van der Waals surface area contributed by atoms with Crippen molar-refractivity contribution >= 4 is 35.8 Å². The third kappa shape index (κ3) is 4.16. The summed E-state index contributed by atoms with van der Waals surface area (Å²) in [6.45, 7) is 7.71. The number of benzene rings is 1. The maximum Gasteiger partial charge on any atom is 0.227 e. The van der Waals surface area contributed by atoms with E-state index in [0.717, 1.165) is 17.1 Å². The largest absolute Gasteiger partial charge is 0.324 e. The Morgan fingerprint density at radius 3 is 2.62 bits per heavy atom. The molecule has 1 heterocycles. The summed E-state index contributed by atoms with van der Waals surface area (Å²) in [6.07, 6.45) is 3.69. The fraction of sp³-hybridized carbons (Fsp3) is 0.188. The average molecular weight is 298 g/mol. The molecule has 0 unspecified atom stereocenters. The van der Waals surface area contributed by atoms with E-state index in [1.807, 2.05) is 17.7 Å². The van der Waals surface area contributed by atoms with Crippen molar-refractivity contribution in [1.82, 2.24) is 9.97 Å². The minimum Gasteiger partial charge on any atom is -0.324 e. The Morgan fingerprint density at radius 2 is 2.00 bits per heavy atom. The number of hydrogen-bond donors (Lipinski definition) is 1. The number of anilines is 2. The molecule has 1 N–H and O–H groups in total. The molecule has 2 rings (SSSR count). The van der Waals surface area contributed by atoms with Crippen LogP contribution in [0.1, 0.15) is 16.8 Å². The van der Waals surface area contributed by atoms with Gasteiger partial charge in [0.25, 0.3) is 0 Å². The lowest BCUT2D eigenvalue weighted by Gasteiger charge is -2.08. The van der Waals surface area contributed by atoms with E-state index in [2.05, 4.69) is 59.0 Å². The van der Waals surface area contributed by atoms with E-state index in [0.29, 0.717) is 5.95 Å². The second-order valence-corrected chi connectivity index (χ2v) is 5.37. The van der Waals surface area contributed by atoms with E-state index in [4.69, 9.17) is 0 Å². The minimum absolute atomic E-state index is 0.549. The molecular weight excluding hydrogens is 280 g/mol. The molecule has 108 valence electrons. The SMILES string of the molecule is C=N/C(=C\SC)c1ccnc(Nc2cc(C)cc(C)c2)n1. The van der Waals surface area contributed by atoms with Crippen LogP contribution in [0.25, 0.3) is 5.70 Å². The number of aryl methyl sites for hydroxylation is 2. The molecule has 0 saturated carbocycles. The number of nitrogens with zero attached hydrogens (tertiary/aromatic N) is 3. The van der Waals surface area contributed by atoms with Crippen molar-refractivity contribution in [1.29, 1.82) is 0 Å². The molecule has 1 aromatic carbocycles. The Hall–Kier alpha value is -2.14. The molecule has 5 heteroatoms. The van der Waals surface area contributed by atoms with Crippen LogP contribution >= 0.6 is 11.8 Å². The van der Waals surface area contributed by atoms with Crippen molar-refractivity contribution in [2.75, 3.05) is 11.6 Å². The van der Waals surface area contributed by atoms with Gasteiger partial charge in [0, 0.05) is 11.9 Å². The van der Waals surface area contributed by atoms with Crippen molar-refractivity contribution < 1.29 is 0 Å². The highest BCUT2D eigenvalue weighted by Crippen LogP contribution is 2.20. The molecule has 0 aliphatic rings. The van der Waals surface area contributed by atoms with Gasteiger partial charge in [-0.05, 0) is 61.6 Å². The first-order chi connectivity index (χ1) is 10.1. The topological polar surface area (TPSA) is 50.2 Å². The van der Waals surface area contributed by atoms with Crippen molar-refractivity contribution in [2.24, 2.45) is 4.99 Å². The van der Waals surface area contributed by atoms with Gasteiger partial charge in [-0.25, -0.2) is 9.97 Å². The Labute approximate surface area is 129 Å². The van der Waals surface area contributed by atoms with Crippen molar-refractivity contribution in [3.63, 3.8) is 0 Å². The van der Waals surface area contributed by atoms with Crippen LogP contribution in [0.15, 0.2) is 40.9 Å². The van der Waals surface area contributed by atoms with Gasteiger partial charge in [-0.2, -0.15) is 0 Å². The van der Waals surface area contributed by atoms with Gasteiger partial charge >= 0.3 is 0 Å². The number of hydrogen-bond acceptors (Lipinski definition) is 5. The summed E-state index contributed by atoms with van der Waals surface area (Å²) in [6, 6.07) is 8.08. The Kier molecular flexibility index (Phi) is 5.11. The van der Waals surface area contributed by atoms with Gasteiger partial charge in [0.1, 0.15) is 0 Å². The number of rotatable bonds is 5. The van der Waals surface area contributed by atoms with Crippen LogP contribution < -0.4 is 5.32 Å². The lowest BCUT2D eigenvalue weighted by Crippen LogP contribution is -1.99. The maximum atomic E-state index is 4.48. The molecule has 0 saturated heterocycles. The van der Waals surface area contributed by atoms with Crippen LogP contribution in [0.4, 0.5) is 11.6 Å². The number of aromatic nitrogens is 2. The molecule has 21 heavy (non-hydrogen) atoms. The number of thioether (sulfide) groups is 1. The van der Waals surface area contributed by atoms with Crippen LogP contribution in [-0.2, 0) is 0 Å².